The van der Waals surface area contributed by atoms with Gasteiger partial charge in [-0.3, -0.25) is 9.67 Å². The minimum Gasteiger partial charge on any atom is -0.329 e. The van der Waals surface area contributed by atoms with Crippen LogP contribution in [-0.4, -0.2) is 24.9 Å². The lowest BCUT2D eigenvalue weighted by atomic mass is 10.2. The first kappa shape index (κ1) is 14.2. The molecule has 6 nitrogen and oxygen atoms in total. The van der Waals surface area contributed by atoms with Crippen LogP contribution in [-0.2, 0) is 13.2 Å². The predicted octanol–water partition coefficient (Wildman–Crippen LogP) is 2.86. The molecule has 3 aromatic heterocycles. The number of nitrogens with zero attached hydrogens (tertiary/aromatic N) is 5. The Morgan fingerprint density at radius 1 is 1.23 bits per heavy atom. The molecule has 0 fully saturated rings. The number of halogens is 3. The third-order valence-corrected chi connectivity index (χ3v) is 2.95. The summed E-state index contributed by atoms with van der Waals surface area (Å²) in [6.45, 7) is 1.84. The van der Waals surface area contributed by atoms with Gasteiger partial charge in [0.25, 0.3) is 0 Å². The average molecular weight is 309 g/mol. The largest absolute Gasteiger partial charge is 0.471 e. The molecule has 0 saturated heterocycles. The van der Waals surface area contributed by atoms with E-state index in [1.807, 2.05) is 13.0 Å². The van der Waals surface area contributed by atoms with Crippen LogP contribution >= 0.6 is 0 Å². The van der Waals surface area contributed by atoms with E-state index in [9.17, 15) is 13.2 Å². The van der Waals surface area contributed by atoms with Crippen molar-refractivity contribution in [1.82, 2.24) is 24.9 Å². The molecule has 0 aromatic carbocycles. The fourth-order valence-corrected chi connectivity index (χ4v) is 2.02. The fourth-order valence-electron chi connectivity index (χ4n) is 2.02. The third kappa shape index (κ3) is 2.57. The van der Waals surface area contributed by atoms with Gasteiger partial charge in [0.05, 0.1) is 17.1 Å². The monoisotopic (exact) mass is 309 g/mol. The van der Waals surface area contributed by atoms with E-state index < -0.39 is 12.1 Å². The third-order valence-electron chi connectivity index (χ3n) is 2.95. The maximum Gasteiger partial charge on any atom is 0.471 e. The van der Waals surface area contributed by atoms with Crippen LogP contribution < -0.4 is 0 Å². The van der Waals surface area contributed by atoms with Crippen molar-refractivity contribution in [3.63, 3.8) is 0 Å². The summed E-state index contributed by atoms with van der Waals surface area (Å²) in [5, 5.41) is 7.56. The lowest BCUT2D eigenvalue weighted by Gasteiger charge is -2.02. The van der Waals surface area contributed by atoms with E-state index in [2.05, 4.69) is 24.7 Å². The second-order valence-corrected chi connectivity index (χ2v) is 4.65. The Bertz CT molecular complexity index is 821. The van der Waals surface area contributed by atoms with Crippen molar-refractivity contribution in [2.24, 2.45) is 7.05 Å². The minimum absolute atomic E-state index is 0.144. The summed E-state index contributed by atoms with van der Waals surface area (Å²) < 4.78 is 43.4. The van der Waals surface area contributed by atoms with Gasteiger partial charge < -0.3 is 4.52 Å². The second-order valence-electron chi connectivity index (χ2n) is 4.65. The van der Waals surface area contributed by atoms with Crippen LogP contribution in [0.5, 0.6) is 0 Å². The summed E-state index contributed by atoms with van der Waals surface area (Å²) in [5.74, 6) is -1.52. The molecule has 0 saturated carbocycles. The molecular weight excluding hydrogens is 299 g/mol. The lowest BCUT2D eigenvalue weighted by Crippen LogP contribution is -2.04. The molecule has 0 aliphatic heterocycles. The highest BCUT2D eigenvalue weighted by molar-refractivity contribution is 5.64. The van der Waals surface area contributed by atoms with Crippen molar-refractivity contribution in [2.75, 3.05) is 0 Å². The Balaban J connectivity index is 2.01. The van der Waals surface area contributed by atoms with Crippen LogP contribution in [0.3, 0.4) is 0 Å². The molecule has 114 valence electrons. The van der Waals surface area contributed by atoms with Gasteiger partial charge in [0, 0.05) is 18.8 Å². The Morgan fingerprint density at radius 3 is 2.59 bits per heavy atom. The van der Waals surface area contributed by atoms with Gasteiger partial charge in [-0.1, -0.05) is 5.16 Å². The highest BCUT2D eigenvalue weighted by Gasteiger charge is 2.38. The molecule has 3 aromatic rings. The number of aromatic nitrogens is 5. The zero-order valence-electron chi connectivity index (χ0n) is 11.6. The van der Waals surface area contributed by atoms with Crippen LogP contribution in [0.4, 0.5) is 13.2 Å². The molecule has 0 aliphatic rings. The Kier molecular flexibility index (Phi) is 3.19. The number of aryl methyl sites for hydroxylation is 2. The van der Waals surface area contributed by atoms with Crippen molar-refractivity contribution >= 4 is 0 Å². The number of rotatable bonds is 2. The van der Waals surface area contributed by atoms with Crippen LogP contribution in [0.1, 0.15) is 11.6 Å². The molecule has 9 heteroatoms. The van der Waals surface area contributed by atoms with Crippen molar-refractivity contribution in [3.05, 3.63) is 36.0 Å². The minimum atomic E-state index is -4.67. The Morgan fingerprint density at radius 2 is 2.00 bits per heavy atom. The number of pyridine rings is 1. The molecule has 0 atom stereocenters. The fraction of sp³-hybridized carbons (Fsp3) is 0.231. The first-order chi connectivity index (χ1) is 10.3. The molecular formula is C13H10F3N5O. The molecule has 0 radical (unpaired) electrons. The molecule has 0 amide bonds. The first-order valence-electron chi connectivity index (χ1n) is 6.23. The van der Waals surface area contributed by atoms with Crippen LogP contribution in [0.25, 0.3) is 22.8 Å². The molecule has 0 spiro atoms. The summed E-state index contributed by atoms with van der Waals surface area (Å²) in [6, 6.07) is 4.92. The van der Waals surface area contributed by atoms with E-state index >= 15 is 0 Å². The van der Waals surface area contributed by atoms with Crippen LogP contribution in [0.2, 0.25) is 0 Å². The summed E-state index contributed by atoms with van der Waals surface area (Å²) in [5.41, 5.74) is 2.48. The van der Waals surface area contributed by atoms with Gasteiger partial charge in [0.15, 0.2) is 0 Å². The molecule has 22 heavy (non-hydrogen) atoms. The summed E-state index contributed by atoms with van der Waals surface area (Å²) >= 11 is 0. The van der Waals surface area contributed by atoms with E-state index in [4.69, 9.17) is 0 Å². The van der Waals surface area contributed by atoms with Crippen LogP contribution in [0.15, 0.2) is 28.9 Å². The quantitative estimate of drug-likeness (QED) is 0.728. The Hall–Kier alpha value is -2.71. The van der Waals surface area contributed by atoms with Gasteiger partial charge >= 0.3 is 12.1 Å². The number of hydrogen-bond acceptors (Lipinski definition) is 5. The van der Waals surface area contributed by atoms with Crippen molar-refractivity contribution in [2.45, 2.75) is 13.1 Å². The van der Waals surface area contributed by atoms with E-state index in [1.54, 1.807) is 17.8 Å². The van der Waals surface area contributed by atoms with Gasteiger partial charge in [-0.25, -0.2) is 0 Å². The maximum absolute atomic E-state index is 12.5. The van der Waals surface area contributed by atoms with E-state index in [0.29, 0.717) is 11.3 Å². The van der Waals surface area contributed by atoms with Gasteiger partial charge in [0.1, 0.15) is 0 Å². The summed E-state index contributed by atoms with van der Waals surface area (Å²) in [7, 11) is 1.76. The van der Waals surface area contributed by atoms with Gasteiger partial charge in [0.2, 0.25) is 5.82 Å². The smallest absolute Gasteiger partial charge is 0.329 e. The van der Waals surface area contributed by atoms with Crippen LogP contribution in [0, 0.1) is 6.92 Å². The zero-order valence-corrected chi connectivity index (χ0v) is 11.6. The Labute approximate surface area is 122 Å². The lowest BCUT2D eigenvalue weighted by molar-refractivity contribution is -0.159. The van der Waals surface area contributed by atoms with E-state index in [0.717, 1.165) is 11.4 Å². The number of alkyl halides is 3. The van der Waals surface area contributed by atoms with Crippen molar-refractivity contribution < 1.29 is 17.7 Å². The SMILES string of the molecule is Cc1cc(-c2cc(-c3noc(C(F)(F)F)n3)ccn2)n(C)n1. The maximum atomic E-state index is 12.5. The van der Waals surface area contributed by atoms with Gasteiger partial charge in [-0.2, -0.15) is 23.3 Å². The number of hydrogen-bond donors (Lipinski definition) is 0. The van der Waals surface area contributed by atoms with Gasteiger partial charge in [-0.05, 0) is 25.1 Å². The molecule has 0 N–H and O–H groups in total. The summed E-state index contributed by atoms with van der Waals surface area (Å²) in [4.78, 5) is 7.56. The molecule has 0 unspecified atom stereocenters. The van der Waals surface area contributed by atoms with E-state index in [-0.39, 0.29) is 5.82 Å². The highest BCUT2D eigenvalue weighted by atomic mass is 19.4. The molecule has 3 rings (SSSR count). The van der Waals surface area contributed by atoms with Crippen molar-refractivity contribution in [1.29, 1.82) is 0 Å². The predicted molar refractivity (Wildman–Crippen MR) is 69.5 cm³/mol. The average Bonchev–Trinajstić information content (AvgIpc) is 3.05. The standard InChI is InChI=1S/C13H10F3N5O/c1-7-5-10(21(2)19-7)9-6-8(3-4-17-9)11-18-12(22-20-11)13(14,15)16/h3-6H,1-2H3. The van der Waals surface area contributed by atoms with Gasteiger partial charge in [-0.15, -0.1) is 0 Å². The van der Waals surface area contributed by atoms with Crippen molar-refractivity contribution in [3.8, 4) is 22.8 Å². The molecule has 0 aliphatic carbocycles. The topological polar surface area (TPSA) is 69.6 Å². The zero-order chi connectivity index (χ0) is 15.9. The van der Waals surface area contributed by atoms with E-state index in [1.165, 1.54) is 12.3 Å². The molecule has 3 heterocycles. The highest BCUT2D eigenvalue weighted by Crippen LogP contribution is 2.30. The second kappa shape index (κ2) is 4.93. The normalized spacial score (nSPS) is 11.9. The molecule has 0 bridgehead atoms. The first-order valence-corrected chi connectivity index (χ1v) is 6.23. The summed E-state index contributed by atoms with van der Waals surface area (Å²) in [6.07, 6.45) is -3.20.